The lowest BCUT2D eigenvalue weighted by molar-refractivity contribution is 0.311. The van der Waals surface area contributed by atoms with Gasteiger partial charge in [0.2, 0.25) is 0 Å². The van der Waals surface area contributed by atoms with E-state index in [2.05, 4.69) is 35.0 Å². The number of likely N-dealkylation sites (N-methyl/N-ethyl adjacent to an activating group) is 1. The highest BCUT2D eigenvalue weighted by Crippen LogP contribution is 2.30. The van der Waals surface area contributed by atoms with Gasteiger partial charge in [0.25, 0.3) is 0 Å². The minimum atomic E-state index is -0.252. The van der Waals surface area contributed by atoms with Gasteiger partial charge in [-0.2, -0.15) is 0 Å². The van der Waals surface area contributed by atoms with Gasteiger partial charge in [-0.3, -0.25) is 0 Å². The van der Waals surface area contributed by atoms with Crippen molar-refractivity contribution < 1.29 is 4.39 Å². The number of benzene rings is 2. The van der Waals surface area contributed by atoms with Gasteiger partial charge in [-0.25, -0.2) is 13.9 Å². The van der Waals surface area contributed by atoms with E-state index in [4.69, 9.17) is 10.1 Å². The van der Waals surface area contributed by atoms with Gasteiger partial charge in [-0.05, 0) is 42.9 Å². The summed E-state index contributed by atoms with van der Waals surface area (Å²) < 4.78 is 15.2. The van der Waals surface area contributed by atoms with Crippen LogP contribution in [0.25, 0.3) is 28.0 Å². The van der Waals surface area contributed by atoms with Crippen LogP contribution in [-0.2, 0) is 0 Å². The summed E-state index contributed by atoms with van der Waals surface area (Å²) in [6.07, 6.45) is 1.93. The summed E-state index contributed by atoms with van der Waals surface area (Å²) in [4.78, 5) is 9.49. The summed E-state index contributed by atoms with van der Waals surface area (Å²) in [6.45, 7) is 3.93. The average Bonchev–Trinajstić information content (AvgIpc) is 3.19. The zero-order valence-electron chi connectivity index (χ0n) is 16.7. The van der Waals surface area contributed by atoms with Crippen molar-refractivity contribution in [2.75, 3.05) is 38.1 Å². The molecule has 2 aromatic carbocycles. The van der Waals surface area contributed by atoms with Crippen LogP contribution in [0.4, 0.5) is 10.2 Å². The first-order chi connectivity index (χ1) is 14.2. The van der Waals surface area contributed by atoms with Crippen LogP contribution >= 0.6 is 12.4 Å². The van der Waals surface area contributed by atoms with Gasteiger partial charge in [-0.15, -0.1) is 17.5 Å². The Morgan fingerprint density at radius 1 is 0.867 bits per heavy atom. The molecule has 1 aliphatic heterocycles. The SMILES string of the molecule is CN1CCN(c2cc(-c3ccccc3)c3nc(-c4ccc(F)cc4)cn3n2)CC1.Cl. The third-order valence-corrected chi connectivity index (χ3v) is 5.46. The molecular weight excluding hydrogens is 401 g/mol. The van der Waals surface area contributed by atoms with E-state index in [0.717, 1.165) is 60.0 Å². The minimum Gasteiger partial charge on any atom is -0.353 e. The molecule has 0 bridgehead atoms. The van der Waals surface area contributed by atoms with E-state index in [-0.39, 0.29) is 18.2 Å². The van der Waals surface area contributed by atoms with Crippen LogP contribution in [0.3, 0.4) is 0 Å². The second-order valence-corrected chi connectivity index (χ2v) is 7.47. The number of imidazole rings is 1. The number of anilines is 1. The monoisotopic (exact) mass is 423 g/mol. The quantitative estimate of drug-likeness (QED) is 0.490. The van der Waals surface area contributed by atoms with E-state index in [1.54, 1.807) is 12.1 Å². The summed E-state index contributed by atoms with van der Waals surface area (Å²) >= 11 is 0. The summed E-state index contributed by atoms with van der Waals surface area (Å²) in [5.41, 5.74) is 4.60. The second-order valence-electron chi connectivity index (χ2n) is 7.47. The Hall–Kier alpha value is -2.96. The van der Waals surface area contributed by atoms with E-state index < -0.39 is 0 Å². The lowest BCUT2D eigenvalue weighted by Gasteiger charge is -2.33. The van der Waals surface area contributed by atoms with Crippen LogP contribution in [0.2, 0.25) is 0 Å². The topological polar surface area (TPSA) is 36.7 Å². The maximum Gasteiger partial charge on any atom is 0.162 e. The normalized spacial score (nSPS) is 14.7. The zero-order chi connectivity index (χ0) is 19.8. The second kappa shape index (κ2) is 8.42. The highest BCUT2D eigenvalue weighted by Gasteiger charge is 2.19. The highest BCUT2D eigenvalue weighted by molar-refractivity contribution is 5.85. The summed E-state index contributed by atoms with van der Waals surface area (Å²) in [7, 11) is 2.15. The van der Waals surface area contributed by atoms with Crippen LogP contribution < -0.4 is 4.90 Å². The lowest BCUT2D eigenvalue weighted by atomic mass is 10.1. The summed E-state index contributed by atoms with van der Waals surface area (Å²) in [5, 5.41) is 4.86. The smallest absolute Gasteiger partial charge is 0.162 e. The first kappa shape index (κ1) is 20.3. The van der Waals surface area contributed by atoms with Gasteiger partial charge in [0, 0.05) is 37.3 Å². The molecule has 0 saturated carbocycles. The third-order valence-electron chi connectivity index (χ3n) is 5.46. The molecule has 1 fully saturated rings. The molecule has 5 rings (SSSR count). The Balaban J connectivity index is 0.00000218. The first-order valence-corrected chi connectivity index (χ1v) is 9.83. The lowest BCUT2D eigenvalue weighted by Crippen LogP contribution is -2.45. The van der Waals surface area contributed by atoms with Crippen molar-refractivity contribution in [1.29, 1.82) is 0 Å². The third kappa shape index (κ3) is 3.88. The molecule has 0 spiro atoms. The van der Waals surface area contributed by atoms with Gasteiger partial charge < -0.3 is 9.80 Å². The van der Waals surface area contributed by atoms with Crippen molar-refractivity contribution >= 4 is 23.9 Å². The molecule has 3 heterocycles. The standard InChI is InChI=1S/C23H22FN5.ClH/c1-27-11-13-28(14-12-27)22-15-20(17-5-3-2-4-6-17)23-25-21(16-29(23)26-22)18-7-9-19(24)10-8-18;/h2-10,15-16H,11-14H2,1H3;1H. The Kier molecular flexibility index (Phi) is 5.70. The fraction of sp³-hybridized carbons (Fsp3) is 0.217. The number of hydrogen-bond donors (Lipinski definition) is 0. The molecule has 0 amide bonds. The number of hydrogen-bond acceptors (Lipinski definition) is 4. The largest absolute Gasteiger partial charge is 0.353 e. The van der Waals surface area contributed by atoms with Crippen LogP contribution in [-0.4, -0.2) is 52.7 Å². The van der Waals surface area contributed by atoms with E-state index >= 15 is 0 Å². The number of aromatic nitrogens is 3. The molecule has 5 nitrogen and oxygen atoms in total. The van der Waals surface area contributed by atoms with Crippen LogP contribution in [0.15, 0.2) is 66.9 Å². The molecule has 1 aliphatic rings. The predicted octanol–water partition coefficient (Wildman–Crippen LogP) is 4.38. The Morgan fingerprint density at radius 2 is 1.57 bits per heavy atom. The van der Waals surface area contributed by atoms with Crippen molar-refractivity contribution in [3.8, 4) is 22.4 Å². The van der Waals surface area contributed by atoms with Gasteiger partial charge in [0.1, 0.15) is 11.6 Å². The maximum atomic E-state index is 13.3. The molecule has 0 aliphatic carbocycles. The van der Waals surface area contributed by atoms with Gasteiger partial charge in [-0.1, -0.05) is 30.3 Å². The molecule has 154 valence electrons. The molecule has 2 aromatic heterocycles. The van der Waals surface area contributed by atoms with Crippen LogP contribution in [0, 0.1) is 5.82 Å². The molecule has 0 radical (unpaired) electrons. The van der Waals surface area contributed by atoms with Crippen LogP contribution in [0.5, 0.6) is 0 Å². The van der Waals surface area contributed by atoms with E-state index in [1.807, 2.05) is 28.9 Å². The molecule has 7 heteroatoms. The van der Waals surface area contributed by atoms with E-state index in [1.165, 1.54) is 12.1 Å². The molecule has 0 unspecified atom stereocenters. The van der Waals surface area contributed by atoms with Crippen molar-refractivity contribution in [2.24, 2.45) is 0 Å². The fourth-order valence-corrected chi connectivity index (χ4v) is 3.74. The maximum absolute atomic E-state index is 13.3. The van der Waals surface area contributed by atoms with Gasteiger partial charge in [0.15, 0.2) is 5.65 Å². The van der Waals surface area contributed by atoms with Crippen molar-refractivity contribution in [1.82, 2.24) is 19.5 Å². The van der Waals surface area contributed by atoms with Crippen molar-refractivity contribution in [3.05, 3.63) is 72.7 Å². The van der Waals surface area contributed by atoms with E-state index in [9.17, 15) is 4.39 Å². The molecule has 0 atom stereocenters. The molecular formula is C23H23ClFN5. The molecule has 0 N–H and O–H groups in total. The van der Waals surface area contributed by atoms with Gasteiger partial charge >= 0.3 is 0 Å². The van der Waals surface area contributed by atoms with Crippen molar-refractivity contribution in [3.63, 3.8) is 0 Å². The van der Waals surface area contributed by atoms with E-state index in [0.29, 0.717) is 0 Å². The number of nitrogens with zero attached hydrogens (tertiary/aromatic N) is 5. The Labute approximate surface area is 181 Å². The number of piperazine rings is 1. The number of fused-ring (bicyclic) bond motifs is 1. The Morgan fingerprint density at radius 3 is 2.27 bits per heavy atom. The van der Waals surface area contributed by atoms with Gasteiger partial charge in [0.05, 0.1) is 11.9 Å². The van der Waals surface area contributed by atoms with Crippen LogP contribution in [0.1, 0.15) is 0 Å². The Bertz CT molecular complexity index is 1140. The first-order valence-electron chi connectivity index (χ1n) is 9.83. The highest BCUT2D eigenvalue weighted by atomic mass is 35.5. The molecule has 30 heavy (non-hydrogen) atoms. The predicted molar refractivity (Wildman–Crippen MR) is 121 cm³/mol. The summed E-state index contributed by atoms with van der Waals surface area (Å²) in [5.74, 6) is 0.700. The average molecular weight is 424 g/mol. The minimum absolute atomic E-state index is 0. The summed E-state index contributed by atoms with van der Waals surface area (Å²) in [6, 6.07) is 18.8. The zero-order valence-corrected chi connectivity index (χ0v) is 17.5. The fourth-order valence-electron chi connectivity index (χ4n) is 3.74. The molecule has 4 aromatic rings. The van der Waals surface area contributed by atoms with Crippen molar-refractivity contribution in [2.45, 2.75) is 0 Å². The number of halogens is 2. The molecule has 1 saturated heterocycles. The number of rotatable bonds is 3.